The maximum Gasteiger partial charge on any atom is 0.389 e. The molecule has 0 saturated carbocycles. The summed E-state index contributed by atoms with van der Waals surface area (Å²) in [7, 11) is -4.69. The Kier molecular flexibility index (Phi) is 18.6. The van der Waals surface area contributed by atoms with Crippen LogP contribution in [-0.2, 0) is 14.2 Å². The first-order chi connectivity index (χ1) is 5.27. The number of Topliss-reactive ketones (excluding diaryl/α,β-unsaturated/α-hetero) is 1. The molecule has 1 atom stereocenters. The second kappa shape index (κ2) is 10.9. The van der Waals surface area contributed by atoms with Gasteiger partial charge in [-0.3, -0.25) is 9.36 Å². The minimum atomic E-state index is -4.69. The maximum absolute atomic E-state index is 10.5. The Bertz CT molecular complexity index is 290. The third-order valence-corrected chi connectivity index (χ3v) is 2.21. The zero-order valence-corrected chi connectivity index (χ0v) is 15.5. The number of hydrogen-bond donors (Lipinski definition) is 3. The van der Waals surface area contributed by atoms with Gasteiger partial charge in [-0.1, -0.05) is 0 Å². The van der Waals surface area contributed by atoms with Gasteiger partial charge in [-0.25, -0.2) is 9.59 Å². The molecule has 11 heteroatoms. The first-order valence-electron chi connectivity index (χ1n) is 2.59. The van der Waals surface area contributed by atoms with Crippen molar-refractivity contribution in [1.82, 2.24) is 0 Å². The monoisotopic (exact) mass is 265 g/mol. The normalized spacial score (nSPS) is 11.8. The van der Waals surface area contributed by atoms with Crippen LogP contribution in [0.2, 0.25) is 0 Å². The molecule has 0 aliphatic rings. The Morgan fingerprint density at radius 1 is 1.00 bits per heavy atom. The average molecular weight is 265 g/mol. The van der Waals surface area contributed by atoms with Gasteiger partial charge in [0.2, 0.25) is 5.78 Å². The molecule has 0 saturated heterocycles. The van der Waals surface area contributed by atoms with Gasteiger partial charge in [-0.05, 0) is 0 Å². The Balaban J connectivity index is -0.000000202. The number of aliphatic carboxylic acids is 1. The number of carboxylic acid groups (broad SMARTS) is 2. The van der Waals surface area contributed by atoms with Crippen LogP contribution in [-0.4, -0.2) is 127 Å². The maximum atomic E-state index is 10.5. The molecule has 7 nitrogen and oxygen atoms in total. The third kappa shape index (κ3) is 10.7. The molecule has 0 amide bonds. The summed E-state index contributed by atoms with van der Waals surface area (Å²) in [6.45, 7) is 0. The topological polar surface area (TPSA) is 129 Å². The van der Waals surface area contributed by atoms with E-state index in [0.717, 1.165) is 0 Å². The number of ketones is 1. The van der Waals surface area contributed by atoms with E-state index < -0.39 is 31.0 Å². The zero-order valence-electron chi connectivity index (χ0n) is 8.63. The van der Waals surface area contributed by atoms with Crippen molar-refractivity contribution in [2.24, 2.45) is 0 Å². The van der Waals surface area contributed by atoms with Crippen LogP contribution in [0.25, 0.3) is 0 Å². The molecule has 1 unspecified atom stereocenters. The summed E-state index contributed by atoms with van der Waals surface area (Å²) in [4.78, 5) is 38.5. The summed E-state index contributed by atoms with van der Waals surface area (Å²) >= 11 is 0. The molecule has 0 aromatic carbocycles. The molecule has 0 rings (SSSR count). The number of carbonyl (C=O) groups excluding carboxylic acids is 1. The second-order valence-electron chi connectivity index (χ2n) is 1.87. The van der Waals surface area contributed by atoms with Gasteiger partial charge in [-0.2, -0.15) is 0 Å². The number of rotatable bonds is 4. The average Bonchev–Trinajstić information content (AvgIpc) is 1.85. The zero-order chi connectivity index (χ0) is 9.94. The van der Waals surface area contributed by atoms with Crippen molar-refractivity contribution in [3.05, 3.63) is 0 Å². The van der Waals surface area contributed by atoms with Gasteiger partial charge < -0.3 is 15.1 Å². The molecule has 0 spiro atoms. The first-order valence-corrected chi connectivity index (χ1v) is 4.43. The van der Waals surface area contributed by atoms with Crippen LogP contribution in [0.3, 0.4) is 0 Å². The summed E-state index contributed by atoms with van der Waals surface area (Å²) in [6, 6.07) is 0. The third-order valence-electron chi connectivity index (χ3n) is 0.895. The van der Waals surface area contributed by atoms with E-state index in [1.165, 1.54) is 0 Å². The molecule has 3 N–H and O–H groups in total. The van der Waals surface area contributed by atoms with Gasteiger partial charge in [0.15, 0.2) is 0 Å². The molecule has 0 aromatic heterocycles. The second-order valence-corrected chi connectivity index (χ2v) is 3.97. The fourth-order valence-electron chi connectivity index (χ4n) is 0.330. The quantitative estimate of drug-likeness (QED) is 0.318. The smallest absolute Gasteiger partial charge is 0.389 e. The Morgan fingerprint density at radius 3 is 1.53 bits per heavy atom. The van der Waals surface area contributed by atoms with E-state index in [4.69, 9.17) is 15.1 Å². The van der Waals surface area contributed by atoms with Crippen LogP contribution >= 0.6 is 7.37 Å². The number of hydrogen-bond acceptors (Lipinski definition) is 4. The minimum absolute atomic E-state index is 0. The molecule has 15 heavy (non-hydrogen) atoms. The molecular weight excluding hydrogens is 260 g/mol. The van der Waals surface area contributed by atoms with Gasteiger partial charge in [-0.15, -0.1) is 0 Å². The van der Waals surface area contributed by atoms with Gasteiger partial charge >= 0.3 is 19.0 Å². The molecule has 0 aromatic rings. The van der Waals surface area contributed by atoms with Crippen molar-refractivity contribution in [2.75, 3.05) is 6.16 Å². The molecule has 0 aliphatic carbocycles. The largest absolute Gasteiger partial charge is 0.475 e. The van der Waals surface area contributed by atoms with E-state index >= 15 is 0 Å². The van der Waals surface area contributed by atoms with Gasteiger partial charge in [0, 0.05) is 88.7 Å². The number of carbonyl (C=O) groups is 3. The first kappa shape index (κ1) is 25.6. The van der Waals surface area contributed by atoms with Crippen LogP contribution in [0.1, 0.15) is 0 Å². The van der Waals surface area contributed by atoms with Crippen molar-refractivity contribution in [2.45, 2.75) is 0 Å². The van der Waals surface area contributed by atoms with Crippen molar-refractivity contribution < 1.29 is 34.1 Å². The predicted molar refractivity (Wildman–Crippen MR) is 52.6 cm³/mol. The van der Waals surface area contributed by atoms with E-state index in [-0.39, 0.29) is 88.7 Å². The fourth-order valence-corrected chi connectivity index (χ4v) is 0.990. The van der Waals surface area contributed by atoms with Crippen molar-refractivity contribution in [1.29, 1.82) is 0 Å². The molecule has 3 radical (unpaired) electrons. The Labute approximate surface area is 151 Å². The van der Waals surface area contributed by atoms with Crippen LogP contribution < -0.4 is 0 Å². The van der Waals surface area contributed by atoms with E-state index in [1.807, 2.05) is 0 Å². The van der Waals surface area contributed by atoms with E-state index in [0.29, 0.717) is 0 Å². The van der Waals surface area contributed by atoms with E-state index in [2.05, 4.69) is 0 Å². The van der Waals surface area contributed by atoms with Crippen LogP contribution in [0.15, 0.2) is 0 Å². The Hall–Kier alpha value is 1.80. The van der Waals surface area contributed by atoms with Gasteiger partial charge in [0.25, 0.3) is 0 Å². The summed E-state index contributed by atoms with van der Waals surface area (Å²) in [5.74, 6) is -3.52. The van der Waals surface area contributed by atoms with Crippen LogP contribution in [0.4, 0.5) is 4.79 Å². The summed E-state index contributed by atoms with van der Waals surface area (Å²) in [5.41, 5.74) is -2.07. The number of carboxylic acids is 1. The van der Waals surface area contributed by atoms with Crippen LogP contribution in [0, 0.1) is 0 Å². The molecule has 0 aliphatic heterocycles. The van der Waals surface area contributed by atoms with Crippen molar-refractivity contribution in [3.63, 3.8) is 0 Å². The molecular formula is C4H5Na3O7P. The summed E-state index contributed by atoms with van der Waals surface area (Å²) in [5, 5.41) is 16.0. The summed E-state index contributed by atoms with van der Waals surface area (Å²) < 4.78 is 10.5. The van der Waals surface area contributed by atoms with Gasteiger partial charge in [0.1, 0.15) is 6.16 Å². The minimum Gasteiger partial charge on any atom is -0.475 e. The van der Waals surface area contributed by atoms with E-state index in [9.17, 15) is 18.9 Å². The molecule has 71 valence electrons. The van der Waals surface area contributed by atoms with E-state index in [1.54, 1.807) is 0 Å². The van der Waals surface area contributed by atoms with Crippen molar-refractivity contribution >= 4 is 114 Å². The summed E-state index contributed by atoms with van der Waals surface area (Å²) in [6.07, 6.45) is -1.38. The van der Waals surface area contributed by atoms with Gasteiger partial charge in [0.05, 0.1) is 0 Å². The molecule has 0 bridgehead atoms. The standard InChI is InChI=1S/C4H5O7P.3Na/c5-2(3(6)7)1-12(10,11)4(8)9;;;/h1H2,(H,6,7)(H,8,9)(H,10,11);;;. The van der Waals surface area contributed by atoms with Crippen LogP contribution in [0.5, 0.6) is 0 Å². The van der Waals surface area contributed by atoms with Crippen molar-refractivity contribution in [3.8, 4) is 0 Å². The molecule has 0 heterocycles. The predicted octanol–water partition coefficient (Wildman–Crippen LogP) is -1.55. The fraction of sp³-hybridized carbons (Fsp3) is 0.250. The SMILES string of the molecule is O=C(O)C(=O)CP(=O)(O)C(=O)O.[Na].[Na].[Na]. The molecule has 0 fully saturated rings. The Morgan fingerprint density at radius 2 is 1.33 bits per heavy atom.